The molecule has 0 unspecified atom stereocenters. The van der Waals surface area contributed by atoms with Crippen LogP contribution in [0.3, 0.4) is 0 Å². The fourth-order valence-corrected chi connectivity index (χ4v) is 1.74. The number of anilines is 2. The minimum Gasteiger partial charge on any atom is -0.382 e. The third-order valence-electron chi connectivity index (χ3n) is 2.67. The lowest BCUT2D eigenvalue weighted by molar-refractivity contribution is -0.119. The van der Waals surface area contributed by atoms with Gasteiger partial charge in [0.1, 0.15) is 5.82 Å². The van der Waals surface area contributed by atoms with Gasteiger partial charge >= 0.3 is 0 Å². The smallest absolute Gasteiger partial charge is 0.239 e. The van der Waals surface area contributed by atoms with Crippen LogP contribution in [-0.4, -0.2) is 40.4 Å². The minimum absolute atomic E-state index is 0.0780. The van der Waals surface area contributed by atoms with Gasteiger partial charge in [0.15, 0.2) is 11.5 Å². The van der Waals surface area contributed by atoms with Crippen LogP contribution in [0.5, 0.6) is 0 Å². The van der Waals surface area contributed by atoms with Gasteiger partial charge in [-0.25, -0.2) is 9.97 Å². The molecular weight excluding hydrogens is 232 g/mol. The number of likely N-dealkylation sites (N-methyl/N-ethyl adjacent to an activating group) is 2. The van der Waals surface area contributed by atoms with Crippen molar-refractivity contribution in [2.45, 2.75) is 6.92 Å². The van der Waals surface area contributed by atoms with Crippen molar-refractivity contribution >= 4 is 23.2 Å². The van der Waals surface area contributed by atoms with Gasteiger partial charge in [0, 0.05) is 26.0 Å². The Balaban J connectivity index is 2.43. The lowest BCUT2D eigenvalue weighted by Crippen LogP contribution is -2.36. The maximum Gasteiger partial charge on any atom is 0.239 e. The van der Waals surface area contributed by atoms with Crippen LogP contribution < -0.4 is 16.0 Å². The van der Waals surface area contributed by atoms with Crippen molar-refractivity contribution in [1.82, 2.24) is 19.7 Å². The van der Waals surface area contributed by atoms with Crippen molar-refractivity contribution in [2.75, 3.05) is 30.8 Å². The molecule has 0 bridgehead atoms. The number of hydrogen-bond acceptors (Lipinski definition) is 5. The molecule has 1 amide bonds. The summed E-state index contributed by atoms with van der Waals surface area (Å²) >= 11 is 0. The second-order valence-corrected chi connectivity index (χ2v) is 3.83. The Morgan fingerprint density at radius 1 is 1.61 bits per heavy atom. The summed E-state index contributed by atoms with van der Waals surface area (Å²) in [5.74, 6) is 0.933. The summed E-state index contributed by atoms with van der Waals surface area (Å²) in [6.07, 6.45) is 5.16. The average Bonchev–Trinajstić information content (AvgIpc) is 2.82. The van der Waals surface area contributed by atoms with E-state index in [1.54, 1.807) is 30.0 Å². The number of hydrogen-bond donors (Lipinski definition) is 2. The second kappa shape index (κ2) is 4.91. The van der Waals surface area contributed by atoms with Crippen LogP contribution in [0.25, 0.3) is 5.65 Å². The average molecular weight is 248 g/mol. The molecule has 0 aromatic carbocycles. The molecule has 0 aliphatic rings. The highest BCUT2D eigenvalue weighted by atomic mass is 16.1. The number of nitrogens with zero attached hydrogens (tertiary/aromatic N) is 4. The predicted molar refractivity (Wildman–Crippen MR) is 69.4 cm³/mol. The van der Waals surface area contributed by atoms with Crippen LogP contribution in [-0.2, 0) is 4.79 Å². The zero-order valence-electron chi connectivity index (χ0n) is 10.4. The monoisotopic (exact) mass is 248 g/mol. The fourth-order valence-electron chi connectivity index (χ4n) is 1.74. The molecule has 7 nitrogen and oxygen atoms in total. The number of nitrogens with one attached hydrogen (secondary N) is 1. The van der Waals surface area contributed by atoms with Crippen LogP contribution in [0.2, 0.25) is 0 Å². The highest BCUT2D eigenvalue weighted by Gasteiger charge is 2.15. The molecule has 96 valence electrons. The van der Waals surface area contributed by atoms with E-state index in [4.69, 9.17) is 5.73 Å². The van der Waals surface area contributed by atoms with Gasteiger partial charge in [0.05, 0.1) is 12.7 Å². The molecule has 2 aromatic rings. The topological polar surface area (TPSA) is 88.5 Å². The van der Waals surface area contributed by atoms with Gasteiger partial charge in [-0.1, -0.05) is 0 Å². The summed E-state index contributed by atoms with van der Waals surface area (Å²) in [7, 11) is 1.61. The van der Waals surface area contributed by atoms with Crippen molar-refractivity contribution in [3.8, 4) is 0 Å². The number of amides is 1. The number of aromatic nitrogens is 3. The molecule has 0 aliphatic heterocycles. The molecule has 7 heteroatoms. The van der Waals surface area contributed by atoms with Crippen LogP contribution in [0.4, 0.5) is 11.6 Å². The summed E-state index contributed by atoms with van der Waals surface area (Å²) in [6, 6.07) is 0. The van der Waals surface area contributed by atoms with Gasteiger partial charge in [-0.05, 0) is 6.92 Å². The Kier molecular flexibility index (Phi) is 3.31. The molecule has 2 rings (SSSR count). The van der Waals surface area contributed by atoms with Crippen molar-refractivity contribution < 1.29 is 4.79 Å². The first-order valence-corrected chi connectivity index (χ1v) is 5.70. The largest absolute Gasteiger partial charge is 0.382 e. The van der Waals surface area contributed by atoms with E-state index in [0.717, 1.165) is 0 Å². The Morgan fingerprint density at radius 3 is 3.06 bits per heavy atom. The van der Waals surface area contributed by atoms with E-state index in [9.17, 15) is 4.79 Å². The van der Waals surface area contributed by atoms with E-state index in [2.05, 4.69) is 15.3 Å². The fraction of sp³-hybridized carbons (Fsp3) is 0.364. The molecule has 0 fully saturated rings. The number of imidazole rings is 1. The molecule has 0 atom stereocenters. The minimum atomic E-state index is -0.0780. The predicted octanol–water partition coefficient (Wildman–Crippen LogP) is -0.116. The molecule has 2 heterocycles. The van der Waals surface area contributed by atoms with E-state index in [1.807, 2.05) is 11.8 Å². The molecule has 0 radical (unpaired) electrons. The third kappa shape index (κ3) is 2.20. The van der Waals surface area contributed by atoms with Gasteiger partial charge in [0.2, 0.25) is 5.91 Å². The van der Waals surface area contributed by atoms with Crippen LogP contribution in [0.15, 0.2) is 18.6 Å². The number of nitrogen functional groups attached to an aromatic ring is 1. The SMILES string of the molecule is CCN(CC(=O)NC)c1nc(N)cn2ccnc12. The Hall–Kier alpha value is -2.31. The first-order chi connectivity index (χ1) is 8.65. The molecule has 0 aliphatic carbocycles. The Bertz CT molecular complexity index is 564. The number of carbonyl (C=O) groups excluding carboxylic acids is 1. The Morgan fingerprint density at radius 2 is 2.39 bits per heavy atom. The van der Waals surface area contributed by atoms with Gasteiger partial charge in [-0.15, -0.1) is 0 Å². The van der Waals surface area contributed by atoms with E-state index in [1.165, 1.54) is 0 Å². The molecule has 2 aromatic heterocycles. The lowest BCUT2D eigenvalue weighted by Gasteiger charge is -2.21. The zero-order chi connectivity index (χ0) is 13.1. The number of nitrogens with two attached hydrogens (primary N) is 1. The first-order valence-electron chi connectivity index (χ1n) is 5.70. The van der Waals surface area contributed by atoms with Crippen LogP contribution >= 0.6 is 0 Å². The summed E-state index contributed by atoms with van der Waals surface area (Å²) in [6.45, 7) is 2.83. The highest BCUT2D eigenvalue weighted by molar-refractivity contribution is 5.82. The molecule has 18 heavy (non-hydrogen) atoms. The number of fused-ring (bicyclic) bond motifs is 1. The Labute approximate surface area is 105 Å². The third-order valence-corrected chi connectivity index (χ3v) is 2.67. The van der Waals surface area contributed by atoms with Gasteiger partial charge < -0.3 is 20.4 Å². The van der Waals surface area contributed by atoms with Crippen LogP contribution in [0.1, 0.15) is 6.92 Å². The standard InChI is InChI=1S/C11H16N6O/c1-3-16(7-9(18)13-2)11-10-14-4-5-17(10)6-8(12)15-11/h4-6H,3,7,12H2,1-2H3,(H,13,18). The van der Waals surface area contributed by atoms with Gasteiger partial charge in [-0.3, -0.25) is 4.79 Å². The molecule has 0 saturated carbocycles. The number of carbonyl (C=O) groups is 1. The summed E-state index contributed by atoms with van der Waals surface area (Å²) in [4.78, 5) is 21.8. The van der Waals surface area contributed by atoms with E-state index >= 15 is 0 Å². The molecule has 0 spiro atoms. The van der Waals surface area contributed by atoms with Crippen molar-refractivity contribution in [3.05, 3.63) is 18.6 Å². The molecule has 3 N–H and O–H groups in total. The summed E-state index contributed by atoms with van der Waals surface area (Å²) in [5.41, 5.74) is 6.44. The second-order valence-electron chi connectivity index (χ2n) is 3.83. The maximum absolute atomic E-state index is 11.5. The van der Waals surface area contributed by atoms with Gasteiger partial charge in [0.25, 0.3) is 0 Å². The molecule has 0 saturated heterocycles. The summed E-state index contributed by atoms with van der Waals surface area (Å²) < 4.78 is 1.80. The zero-order valence-corrected chi connectivity index (χ0v) is 10.4. The van der Waals surface area contributed by atoms with E-state index < -0.39 is 0 Å². The maximum atomic E-state index is 11.5. The highest BCUT2D eigenvalue weighted by Crippen LogP contribution is 2.18. The van der Waals surface area contributed by atoms with Crippen molar-refractivity contribution in [3.63, 3.8) is 0 Å². The van der Waals surface area contributed by atoms with Crippen molar-refractivity contribution in [2.24, 2.45) is 0 Å². The van der Waals surface area contributed by atoms with Crippen molar-refractivity contribution in [1.29, 1.82) is 0 Å². The quantitative estimate of drug-likeness (QED) is 0.787. The lowest BCUT2D eigenvalue weighted by atomic mass is 10.4. The molecular formula is C11H16N6O. The van der Waals surface area contributed by atoms with E-state index in [0.29, 0.717) is 23.8 Å². The first kappa shape index (κ1) is 12.2. The van der Waals surface area contributed by atoms with Gasteiger partial charge in [-0.2, -0.15) is 0 Å². The van der Waals surface area contributed by atoms with E-state index in [-0.39, 0.29) is 12.5 Å². The summed E-state index contributed by atoms with van der Waals surface area (Å²) in [5, 5.41) is 2.59. The normalized spacial score (nSPS) is 10.6. The van der Waals surface area contributed by atoms with Crippen LogP contribution in [0, 0.1) is 0 Å². The number of rotatable bonds is 4.